The van der Waals surface area contributed by atoms with Crippen molar-refractivity contribution >= 4 is 22.7 Å². The predicted octanol–water partition coefficient (Wildman–Crippen LogP) is 6.20. The van der Waals surface area contributed by atoms with E-state index >= 15 is 0 Å². The van der Waals surface area contributed by atoms with Crippen LogP contribution in [0, 0.1) is 11.3 Å². The number of carbonyl (C=O) groups excluding carboxylic acids is 2. The van der Waals surface area contributed by atoms with Crippen LogP contribution < -0.4 is 4.74 Å². The zero-order valence-electron chi connectivity index (χ0n) is 23.6. The second-order valence-corrected chi connectivity index (χ2v) is 12.1. The molecule has 4 rings (SSSR count). The number of nitrogens with one attached hydrogen (secondary N) is 1. The maximum absolute atomic E-state index is 13.8. The van der Waals surface area contributed by atoms with Crippen molar-refractivity contribution in [2.75, 3.05) is 20.2 Å². The summed E-state index contributed by atoms with van der Waals surface area (Å²) in [6, 6.07) is 16.3. The molecule has 1 N–H and O–H groups in total. The van der Waals surface area contributed by atoms with Crippen LogP contribution in [0.1, 0.15) is 64.5 Å². The summed E-state index contributed by atoms with van der Waals surface area (Å²) in [5.41, 5.74) is 3.42. The van der Waals surface area contributed by atoms with Crippen LogP contribution in [-0.4, -0.2) is 52.8 Å². The van der Waals surface area contributed by atoms with E-state index in [4.69, 9.17) is 4.74 Å². The average Bonchev–Trinajstić information content (AvgIpc) is 3.63. The van der Waals surface area contributed by atoms with Crippen LogP contribution in [0.2, 0.25) is 0 Å². The third-order valence-corrected chi connectivity index (χ3v) is 7.33. The second-order valence-electron chi connectivity index (χ2n) is 12.1. The van der Waals surface area contributed by atoms with Crippen molar-refractivity contribution in [2.24, 2.45) is 11.3 Å². The third kappa shape index (κ3) is 7.40. The molecule has 1 aromatic heterocycles. The number of ether oxygens (including phenoxy) is 1. The molecule has 1 unspecified atom stereocenters. The van der Waals surface area contributed by atoms with Gasteiger partial charge in [0.15, 0.2) is 0 Å². The number of carbonyl (C=O) groups is 2. The number of H-pyrrole nitrogens is 1. The molecule has 0 bridgehead atoms. The maximum Gasteiger partial charge on any atom is 0.242 e. The van der Waals surface area contributed by atoms with E-state index in [0.717, 1.165) is 42.5 Å². The first kappa shape index (κ1) is 27.7. The van der Waals surface area contributed by atoms with Crippen molar-refractivity contribution in [3.8, 4) is 5.75 Å². The molecule has 1 aliphatic carbocycles. The van der Waals surface area contributed by atoms with Crippen molar-refractivity contribution < 1.29 is 14.3 Å². The fourth-order valence-electron chi connectivity index (χ4n) is 5.51. The molecule has 0 aliphatic heterocycles. The van der Waals surface area contributed by atoms with Gasteiger partial charge in [0, 0.05) is 48.2 Å². The zero-order chi connectivity index (χ0) is 27.3. The van der Waals surface area contributed by atoms with Gasteiger partial charge in [-0.15, -0.1) is 0 Å². The van der Waals surface area contributed by atoms with Gasteiger partial charge < -0.3 is 19.5 Å². The highest BCUT2D eigenvalue weighted by atomic mass is 16.5. The summed E-state index contributed by atoms with van der Waals surface area (Å²) in [5.74, 6) is 1.14. The van der Waals surface area contributed by atoms with Gasteiger partial charge in [0.1, 0.15) is 12.3 Å². The predicted molar refractivity (Wildman–Crippen MR) is 153 cm³/mol. The summed E-state index contributed by atoms with van der Waals surface area (Å²) in [6.07, 6.45) is 6.19. The number of methoxy groups -OCH3 is 1. The van der Waals surface area contributed by atoms with Crippen molar-refractivity contribution in [1.82, 2.24) is 14.8 Å². The van der Waals surface area contributed by atoms with Crippen LogP contribution in [0.25, 0.3) is 10.9 Å². The number of para-hydroxylation sites is 2. The first-order chi connectivity index (χ1) is 18.1. The monoisotopic (exact) mass is 517 g/mol. The van der Waals surface area contributed by atoms with Crippen molar-refractivity contribution in [3.05, 3.63) is 65.9 Å². The SMILES string of the molecule is COc1ccccc1CN(CCc1c[nH]c2ccccc12)C(=O)CN(C(=O)CC(C)CC(C)(C)C)C1CC1. The fraction of sp³-hybridized carbons (Fsp3) is 0.500. The Balaban J connectivity index is 1.50. The maximum atomic E-state index is 13.8. The highest BCUT2D eigenvalue weighted by molar-refractivity contribution is 5.86. The van der Waals surface area contributed by atoms with E-state index in [1.807, 2.05) is 52.4 Å². The summed E-state index contributed by atoms with van der Waals surface area (Å²) in [4.78, 5) is 34.3. The smallest absolute Gasteiger partial charge is 0.242 e. The Morgan fingerprint density at radius 2 is 1.74 bits per heavy atom. The van der Waals surface area contributed by atoms with Crippen LogP contribution in [0.5, 0.6) is 5.75 Å². The lowest BCUT2D eigenvalue weighted by atomic mass is 9.84. The molecule has 0 spiro atoms. The van der Waals surface area contributed by atoms with Gasteiger partial charge >= 0.3 is 0 Å². The fourth-order valence-corrected chi connectivity index (χ4v) is 5.51. The largest absolute Gasteiger partial charge is 0.496 e. The van der Waals surface area contributed by atoms with Crippen LogP contribution in [0.15, 0.2) is 54.7 Å². The normalized spacial score (nSPS) is 14.3. The van der Waals surface area contributed by atoms with E-state index in [1.54, 1.807) is 7.11 Å². The quantitative estimate of drug-likeness (QED) is 0.311. The summed E-state index contributed by atoms with van der Waals surface area (Å²) >= 11 is 0. The molecule has 2 aromatic carbocycles. The molecule has 6 nitrogen and oxygen atoms in total. The minimum absolute atomic E-state index is 0.0144. The lowest BCUT2D eigenvalue weighted by molar-refractivity contribution is -0.142. The lowest BCUT2D eigenvalue weighted by Crippen LogP contribution is -2.44. The van der Waals surface area contributed by atoms with Crippen LogP contribution in [0.4, 0.5) is 0 Å². The van der Waals surface area contributed by atoms with E-state index in [0.29, 0.717) is 19.5 Å². The van der Waals surface area contributed by atoms with Crippen LogP contribution >= 0.6 is 0 Å². The van der Waals surface area contributed by atoms with Gasteiger partial charge in [-0.1, -0.05) is 64.1 Å². The third-order valence-electron chi connectivity index (χ3n) is 7.33. The van der Waals surface area contributed by atoms with E-state index in [-0.39, 0.29) is 35.7 Å². The molecule has 1 saturated carbocycles. The van der Waals surface area contributed by atoms with Gasteiger partial charge in [0.2, 0.25) is 11.8 Å². The summed E-state index contributed by atoms with van der Waals surface area (Å²) in [5, 5.41) is 1.18. The summed E-state index contributed by atoms with van der Waals surface area (Å²) in [6.45, 7) is 9.91. The number of benzene rings is 2. The van der Waals surface area contributed by atoms with E-state index < -0.39 is 0 Å². The van der Waals surface area contributed by atoms with Gasteiger partial charge in [0.25, 0.3) is 0 Å². The Kier molecular flexibility index (Phi) is 8.80. The zero-order valence-corrected chi connectivity index (χ0v) is 23.6. The molecule has 3 aromatic rings. The minimum Gasteiger partial charge on any atom is -0.496 e. The first-order valence-corrected chi connectivity index (χ1v) is 13.9. The number of nitrogens with zero attached hydrogens (tertiary/aromatic N) is 2. The Bertz CT molecular complexity index is 1240. The Morgan fingerprint density at radius 1 is 1.03 bits per heavy atom. The molecular weight excluding hydrogens is 474 g/mol. The van der Waals surface area contributed by atoms with Gasteiger partial charge in [-0.05, 0) is 54.7 Å². The highest BCUT2D eigenvalue weighted by Crippen LogP contribution is 2.31. The topological polar surface area (TPSA) is 65.6 Å². The number of amides is 2. The van der Waals surface area contributed by atoms with E-state index in [1.165, 1.54) is 10.9 Å². The van der Waals surface area contributed by atoms with E-state index in [2.05, 4.69) is 44.8 Å². The van der Waals surface area contributed by atoms with Crippen molar-refractivity contribution in [2.45, 2.75) is 72.4 Å². The molecule has 0 saturated heterocycles. The second kappa shape index (κ2) is 12.1. The van der Waals surface area contributed by atoms with Gasteiger partial charge in [-0.3, -0.25) is 9.59 Å². The van der Waals surface area contributed by atoms with Crippen molar-refractivity contribution in [3.63, 3.8) is 0 Å². The van der Waals surface area contributed by atoms with Gasteiger partial charge in [0.05, 0.1) is 7.11 Å². The Hall–Kier alpha value is -3.28. The first-order valence-electron chi connectivity index (χ1n) is 13.9. The molecule has 1 fully saturated rings. The van der Waals surface area contributed by atoms with Crippen LogP contribution in [-0.2, 0) is 22.6 Å². The number of aromatic amines is 1. The molecule has 1 aliphatic rings. The number of rotatable bonds is 12. The summed E-state index contributed by atoms with van der Waals surface area (Å²) < 4.78 is 5.58. The number of fused-ring (bicyclic) bond motifs is 1. The lowest BCUT2D eigenvalue weighted by Gasteiger charge is -2.30. The highest BCUT2D eigenvalue weighted by Gasteiger charge is 2.35. The number of aromatic nitrogens is 1. The summed E-state index contributed by atoms with van der Waals surface area (Å²) in [7, 11) is 1.66. The van der Waals surface area contributed by atoms with Crippen molar-refractivity contribution in [1.29, 1.82) is 0 Å². The van der Waals surface area contributed by atoms with E-state index in [9.17, 15) is 9.59 Å². The molecule has 38 heavy (non-hydrogen) atoms. The molecule has 6 heteroatoms. The molecule has 1 atom stereocenters. The minimum atomic E-state index is -0.0144. The molecule has 0 radical (unpaired) electrons. The van der Waals surface area contributed by atoms with Gasteiger partial charge in [-0.2, -0.15) is 0 Å². The Labute approximate surface area is 227 Å². The average molecular weight is 518 g/mol. The standard InChI is InChI=1S/C32H43N3O3/c1-23(19-32(2,3)4)18-30(36)35(26-14-15-26)22-31(37)34(21-25-10-6-9-13-29(25)38-5)17-16-24-20-33-28-12-8-7-11-27(24)28/h6-13,20,23,26,33H,14-19,21-22H2,1-5H3. The molecule has 1 heterocycles. The van der Waals surface area contributed by atoms with Crippen LogP contribution in [0.3, 0.4) is 0 Å². The molecular formula is C32H43N3O3. The number of hydrogen-bond donors (Lipinski definition) is 1. The molecule has 2 amide bonds. The Morgan fingerprint density at radius 3 is 2.45 bits per heavy atom. The van der Waals surface area contributed by atoms with Gasteiger partial charge in [-0.25, -0.2) is 0 Å². The molecule has 204 valence electrons. The number of hydrogen-bond acceptors (Lipinski definition) is 3.